The van der Waals surface area contributed by atoms with Gasteiger partial charge in [-0.05, 0) is 30.7 Å². The molecular formula is C13H16N4O2. The number of hydrogen-bond donors (Lipinski definition) is 2. The van der Waals surface area contributed by atoms with Crippen molar-refractivity contribution < 1.29 is 9.90 Å². The lowest BCUT2D eigenvalue weighted by molar-refractivity contribution is 0.0697. The summed E-state index contributed by atoms with van der Waals surface area (Å²) in [4.78, 5) is 15.0. The molecule has 6 heteroatoms. The number of aromatic carboxylic acids is 1. The molecule has 19 heavy (non-hydrogen) atoms. The second kappa shape index (κ2) is 5.51. The summed E-state index contributed by atoms with van der Waals surface area (Å²) < 4.78 is 1.67. The maximum atomic E-state index is 10.8. The molecule has 0 aliphatic heterocycles. The predicted octanol–water partition coefficient (Wildman–Crippen LogP) is 1.48. The van der Waals surface area contributed by atoms with Crippen LogP contribution in [-0.4, -0.2) is 32.4 Å². The van der Waals surface area contributed by atoms with Gasteiger partial charge in [-0.2, -0.15) is 5.10 Å². The van der Waals surface area contributed by atoms with Crippen molar-refractivity contribution in [3.63, 3.8) is 0 Å². The smallest absolute Gasteiger partial charge is 0.335 e. The Kier molecular flexibility index (Phi) is 3.79. The molecule has 0 unspecified atom stereocenters. The average molecular weight is 260 g/mol. The van der Waals surface area contributed by atoms with Crippen molar-refractivity contribution in [2.24, 2.45) is 7.05 Å². The maximum Gasteiger partial charge on any atom is 0.335 e. The predicted molar refractivity (Wildman–Crippen MR) is 71.3 cm³/mol. The highest BCUT2D eigenvalue weighted by atomic mass is 16.4. The fourth-order valence-corrected chi connectivity index (χ4v) is 1.80. The molecule has 0 bridgehead atoms. The van der Waals surface area contributed by atoms with Crippen molar-refractivity contribution in [1.82, 2.24) is 14.8 Å². The molecule has 0 fully saturated rings. The highest BCUT2D eigenvalue weighted by Gasteiger charge is 2.05. The van der Waals surface area contributed by atoms with Crippen molar-refractivity contribution in [1.29, 1.82) is 0 Å². The zero-order chi connectivity index (χ0) is 13.8. The Balaban J connectivity index is 1.94. The molecule has 0 amide bonds. The molecule has 2 rings (SSSR count). The lowest BCUT2D eigenvalue weighted by Gasteiger charge is -2.09. The molecule has 2 N–H and O–H groups in total. The van der Waals surface area contributed by atoms with Gasteiger partial charge in [0.1, 0.15) is 6.33 Å². The average Bonchev–Trinajstić information content (AvgIpc) is 2.77. The molecule has 1 aromatic heterocycles. The molecule has 6 nitrogen and oxygen atoms in total. The number of anilines is 1. The number of carboxylic acid groups (broad SMARTS) is 1. The van der Waals surface area contributed by atoms with E-state index in [1.807, 2.05) is 14.0 Å². The molecule has 0 aliphatic rings. The van der Waals surface area contributed by atoms with E-state index < -0.39 is 5.97 Å². The van der Waals surface area contributed by atoms with Crippen LogP contribution in [0.25, 0.3) is 0 Å². The van der Waals surface area contributed by atoms with E-state index in [1.54, 1.807) is 29.2 Å². The number of nitrogens with zero attached hydrogens (tertiary/aromatic N) is 3. The minimum absolute atomic E-state index is 0.300. The lowest BCUT2D eigenvalue weighted by Crippen LogP contribution is -2.08. The van der Waals surface area contributed by atoms with Gasteiger partial charge >= 0.3 is 5.97 Å². The van der Waals surface area contributed by atoms with Crippen LogP contribution in [0.3, 0.4) is 0 Å². The number of rotatable bonds is 5. The van der Waals surface area contributed by atoms with Crippen LogP contribution >= 0.6 is 0 Å². The number of hydrogen-bond acceptors (Lipinski definition) is 4. The minimum atomic E-state index is -0.910. The molecule has 100 valence electrons. The Hall–Kier alpha value is -2.37. The van der Waals surface area contributed by atoms with Gasteiger partial charge in [0, 0.05) is 25.7 Å². The third kappa shape index (κ3) is 3.31. The van der Waals surface area contributed by atoms with Gasteiger partial charge in [-0.3, -0.25) is 4.68 Å². The van der Waals surface area contributed by atoms with Gasteiger partial charge in [-0.15, -0.1) is 0 Å². The van der Waals surface area contributed by atoms with Gasteiger partial charge in [-0.1, -0.05) is 0 Å². The molecule has 0 saturated heterocycles. The van der Waals surface area contributed by atoms with Gasteiger partial charge in [-0.25, -0.2) is 9.78 Å². The SMILES string of the molecule is Cc1cc(C(=O)O)ccc1NCCc1ncn(C)n1. The number of carboxylic acids is 1. The highest BCUT2D eigenvalue weighted by molar-refractivity contribution is 5.88. The van der Waals surface area contributed by atoms with Crippen LogP contribution in [0.5, 0.6) is 0 Å². The summed E-state index contributed by atoms with van der Waals surface area (Å²) in [5, 5.41) is 16.3. The van der Waals surface area contributed by atoms with Gasteiger partial charge in [0.05, 0.1) is 5.56 Å². The summed E-state index contributed by atoms with van der Waals surface area (Å²) >= 11 is 0. The van der Waals surface area contributed by atoms with Crippen LogP contribution in [0, 0.1) is 6.92 Å². The Morgan fingerprint density at radius 1 is 1.47 bits per heavy atom. The van der Waals surface area contributed by atoms with E-state index in [4.69, 9.17) is 5.11 Å². The second-order valence-electron chi connectivity index (χ2n) is 4.35. The van der Waals surface area contributed by atoms with Gasteiger partial charge in [0.15, 0.2) is 5.82 Å². The van der Waals surface area contributed by atoms with E-state index in [1.165, 1.54) is 0 Å². The molecule has 0 spiro atoms. The fraction of sp³-hybridized carbons (Fsp3) is 0.308. The third-order valence-electron chi connectivity index (χ3n) is 2.78. The number of aromatic nitrogens is 3. The quantitative estimate of drug-likeness (QED) is 0.851. The van der Waals surface area contributed by atoms with Crippen molar-refractivity contribution in [2.75, 3.05) is 11.9 Å². The van der Waals surface area contributed by atoms with Crippen LogP contribution in [0.1, 0.15) is 21.7 Å². The fourth-order valence-electron chi connectivity index (χ4n) is 1.80. The molecular weight excluding hydrogens is 244 g/mol. The van der Waals surface area contributed by atoms with E-state index in [9.17, 15) is 4.79 Å². The summed E-state index contributed by atoms with van der Waals surface area (Å²) in [5.41, 5.74) is 2.14. The number of nitrogens with one attached hydrogen (secondary N) is 1. The first kappa shape index (κ1) is 13.1. The third-order valence-corrected chi connectivity index (χ3v) is 2.78. The maximum absolute atomic E-state index is 10.8. The van der Waals surface area contributed by atoms with E-state index >= 15 is 0 Å². The van der Waals surface area contributed by atoms with Crippen LogP contribution in [0.4, 0.5) is 5.69 Å². The zero-order valence-electron chi connectivity index (χ0n) is 10.9. The molecule has 1 aromatic carbocycles. The van der Waals surface area contributed by atoms with E-state index in [0.717, 1.165) is 23.5 Å². The lowest BCUT2D eigenvalue weighted by atomic mass is 10.1. The first-order valence-corrected chi connectivity index (χ1v) is 5.98. The number of carbonyl (C=O) groups is 1. The Bertz CT molecular complexity index is 592. The first-order valence-electron chi connectivity index (χ1n) is 5.98. The topological polar surface area (TPSA) is 80.0 Å². The minimum Gasteiger partial charge on any atom is -0.478 e. The van der Waals surface area contributed by atoms with E-state index in [2.05, 4.69) is 15.4 Å². The molecule has 0 radical (unpaired) electrons. The van der Waals surface area contributed by atoms with Crippen molar-refractivity contribution in [3.05, 3.63) is 41.5 Å². The summed E-state index contributed by atoms with van der Waals surface area (Å²) in [6.07, 6.45) is 2.39. The van der Waals surface area contributed by atoms with Gasteiger partial charge in [0.2, 0.25) is 0 Å². The van der Waals surface area contributed by atoms with Crippen molar-refractivity contribution in [2.45, 2.75) is 13.3 Å². The largest absolute Gasteiger partial charge is 0.478 e. The standard InChI is InChI=1S/C13H16N4O2/c1-9-7-10(13(18)19)3-4-11(9)14-6-5-12-15-8-17(2)16-12/h3-4,7-8,14H,5-6H2,1-2H3,(H,18,19). The van der Waals surface area contributed by atoms with Gasteiger partial charge < -0.3 is 10.4 Å². The Morgan fingerprint density at radius 3 is 2.84 bits per heavy atom. The molecule has 2 aromatic rings. The van der Waals surface area contributed by atoms with Crippen molar-refractivity contribution in [3.8, 4) is 0 Å². The Labute approximate surface area is 111 Å². The van der Waals surface area contributed by atoms with E-state index in [0.29, 0.717) is 12.1 Å². The molecule has 0 aliphatic carbocycles. The van der Waals surface area contributed by atoms with Crippen LogP contribution in [0.2, 0.25) is 0 Å². The monoisotopic (exact) mass is 260 g/mol. The van der Waals surface area contributed by atoms with Gasteiger partial charge in [0.25, 0.3) is 0 Å². The molecule has 0 atom stereocenters. The number of benzene rings is 1. The zero-order valence-corrected chi connectivity index (χ0v) is 10.9. The summed E-state index contributed by atoms with van der Waals surface area (Å²) in [6.45, 7) is 2.59. The molecule has 1 heterocycles. The van der Waals surface area contributed by atoms with Crippen LogP contribution in [0.15, 0.2) is 24.5 Å². The Morgan fingerprint density at radius 2 is 2.26 bits per heavy atom. The van der Waals surface area contributed by atoms with Crippen LogP contribution in [-0.2, 0) is 13.5 Å². The first-order chi connectivity index (χ1) is 9.06. The summed E-state index contributed by atoms with van der Waals surface area (Å²) in [6, 6.07) is 5.03. The summed E-state index contributed by atoms with van der Waals surface area (Å²) in [5.74, 6) is -0.123. The highest BCUT2D eigenvalue weighted by Crippen LogP contribution is 2.16. The summed E-state index contributed by atoms with van der Waals surface area (Å²) in [7, 11) is 1.83. The molecule has 0 saturated carbocycles. The number of aryl methyl sites for hydroxylation is 2. The normalized spacial score (nSPS) is 10.4. The second-order valence-corrected chi connectivity index (χ2v) is 4.35. The van der Waals surface area contributed by atoms with Crippen molar-refractivity contribution >= 4 is 11.7 Å². The van der Waals surface area contributed by atoms with E-state index in [-0.39, 0.29) is 0 Å². The van der Waals surface area contributed by atoms with Crippen LogP contribution < -0.4 is 5.32 Å².